The van der Waals surface area contributed by atoms with Gasteiger partial charge in [-0.1, -0.05) is 0 Å². The average molecular weight is 316 g/mol. The number of rotatable bonds is 2. The zero-order valence-electron chi connectivity index (χ0n) is 10.3. The second kappa shape index (κ2) is 4.96. The van der Waals surface area contributed by atoms with E-state index in [1.165, 1.54) is 5.56 Å². The van der Waals surface area contributed by atoms with E-state index in [4.69, 9.17) is 0 Å². The molecule has 2 aromatic heterocycles. The van der Waals surface area contributed by atoms with Gasteiger partial charge in [0.15, 0.2) is 0 Å². The van der Waals surface area contributed by atoms with E-state index in [9.17, 15) is 4.79 Å². The predicted molar refractivity (Wildman–Crippen MR) is 77.2 cm³/mol. The monoisotopic (exact) mass is 317 g/mol. The van der Waals surface area contributed by atoms with E-state index in [-0.39, 0.29) is 20.1 Å². The number of anilines is 2. The summed E-state index contributed by atoms with van der Waals surface area (Å²) in [6.45, 7) is 2.04. The quantitative estimate of drug-likeness (QED) is 0.736. The number of pyridine rings is 1. The number of nitrogens with zero attached hydrogens (tertiary/aromatic N) is 2. The van der Waals surface area contributed by atoms with E-state index in [2.05, 4.69) is 15.3 Å². The van der Waals surface area contributed by atoms with Crippen molar-refractivity contribution in [1.82, 2.24) is 9.97 Å². The Balaban J connectivity index is 2.01. The molecule has 0 radical (unpaired) electrons. The fourth-order valence-electron chi connectivity index (χ4n) is 1.72. The van der Waals surface area contributed by atoms with Crippen LogP contribution in [-0.2, 0) is 0 Å². The van der Waals surface area contributed by atoms with Crippen molar-refractivity contribution in [1.29, 1.82) is 0 Å². The first kappa shape index (κ1) is 12.1. The molecule has 1 aromatic carbocycles. The van der Waals surface area contributed by atoms with Crippen molar-refractivity contribution in [2.75, 3.05) is 5.32 Å². The van der Waals surface area contributed by atoms with Crippen molar-refractivity contribution < 1.29 is 0 Å². The number of aryl methyl sites for hydroxylation is 1. The first-order valence-electron chi connectivity index (χ1n) is 5.82. The maximum absolute atomic E-state index is 11.9. The van der Waals surface area contributed by atoms with Crippen molar-refractivity contribution in [2.45, 2.75) is 6.92 Å². The van der Waals surface area contributed by atoms with E-state index in [0.29, 0.717) is 10.1 Å². The molecular weight excluding hydrogens is 305 g/mol. The Kier molecular flexibility index (Phi) is 3.15. The minimum atomic E-state index is -0.217. The number of benzene rings is 1. The molecule has 5 heteroatoms. The summed E-state index contributed by atoms with van der Waals surface area (Å²) in [6.07, 6.45) is 1.71. The third-order valence-corrected chi connectivity index (χ3v) is 4.60. The Labute approximate surface area is 115 Å². The van der Waals surface area contributed by atoms with Crippen molar-refractivity contribution in [3.8, 4) is 0 Å². The number of hydrogen-bond acceptors (Lipinski definition) is 4. The van der Waals surface area contributed by atoms with Gasteiger partial charge in [-0.2, -0.15) is 0 Å². The van der Waals surface area contributed by atoms with Gasteiger partial charge < -0.3 is 0 Å². The average Bonchev–Trinajstić information content (AvgIpc) is 2.42. The van der Waals surface area contributed by atoms with Crippen LogP contribution >= 0.6 is 0 Å². The summed E-state index contributed by atoms with van der Waals surface area (Å²) in [5, 5.41) is 3.82. The first-order valence-corrected chi connectivity index (χ1v) is 7.53. The number of fused-ring (bicyclic) bond motifs is 1. The molecule has 94 valence electrons. The molecule has 1 N–H and O–H groups in total. The van der Waals surface area contributed by atoms with Crippen molar-refractivity contribution in [3.05, 3.63) is 58.5 Å². The SMILES string of the molecule is Cc1ccc(Nc2nc(=O)c3cccnc3[se]2)cc1. The van der Waals surface area contributed by atoms with Gasteiger partial charge in [-0.3, -0.25) is 0 Å². The van der Waals surface area contributed by atoms with Crippen LogP contribution in [0, 0.1) is 6.92 Å². The molecule has 2 heterocycles. The van der Waals surface area contributed by atoms with Crippen LogP contribution < -0.4 is 10.9 Å². The molecule has 0 saturated carbocycles. The summed E-state index contributed by atoms with van der Waals surface area (Å²) < 4.78 is 1.54. The summed E-state index contributed by atoms with van der Waals surface area (Å²) in [5.74, 6) is 0. The summed E-state index contributed by atoms with van der Waals surface area (Å²) in [6, 6.07) is 11.5. The van der Waals surface area contributed by atoms with Crippen LogP contribution in [0.5, 0.6) is 0 Å². The van der Waals surface area contributed by atoms with Crippen molar-refractivity contribution >= 4 is 34.7 Å². The minimum absolute atomic E-state index is 0.0601. The molecule has 0 fully saturated rings. The van der Waals surface area contributed by atoms with Gasteiger partial charge in [0.2, 0.25) is 0 Å². The molecule has 0 saturated heterocycles. The van der Waals surface area contributed by atoms with E-state index in [1.807, 2.05) is 31.2 Å². The van der Waals surface area contributed by atoms with Crippen LogP contribution in [0.15, 0.2) is 47.4 Å². The molecule has 0 aliphatic rings. The molecule has 3 aromatic rings. The second-order valence-electron chi connectivity index (χ2n) is 4.17. The molecule has 0 aliphatic heterocycles. The van der Waals surface area contributed by atoms with Gasteiger partial charge in [0.05, 0.1) is 0 Å². The van der Waals surface area contributed by atoms with Crippen LogP contribution in [0.3, 0.4) is 0 Å². The third kappa shape index (κ3) is 2.57. The van der Waals surface area contributed by atoms with Crippen LogP contribution in [-0.4, -0.2) is 24.5 Å². The standard InChI is InChI=1S/C14H11N3OSe/c1-9-4-6-10(7-5-9)16-14-17-12(18)11-3-2-8-15-13(11)19-14/h2-8H,1H3,(H,16,17,18). The van der Waals surface area contributed by atoms with Gasteiger partial charge in [0, 0.05) is 0 Å². The fraction of sp³-hybridized carbons (Fsp3) is 0.0714. The zero-order chi connectivity index (χ0) is 13.2. The Hall–Kier alpha value is -1.97. The third-order valence-electron chi connectivity index (χ3n) is 2.70. The summed E-state index contributed by atoms with van der Waals surface area (Å²) in [4.78, 5) is 20.2. The van der Waals surface area contributed by atoms with Crippen LogP contribution in [0.1, 0.15) is 5.56 Å². The first-order chi connectivity index (χ1) is 9.22. The summed E-state index contributed by atoms with van der Waals surface area (Å²) >= 11 is -0.0601. The fourth-order valence-corrected chi connectivity index (χ4v) is 3.52. The van der Waals surface area contributed by atoms with Crippen LogP contribution in [0.25, 0.3) is 9.78 Å². The summed E-state index contributed by atoms with van der Waals surface area (Å²) in [7, 11) is 0. The molecular formula is C14H11N3OSe. The van der Waals surface area contributed by atoms with Crippen LogP contribution in [0.2, 0.25) is 0 Å². The second-order valence-corrected chi connectivity index (χ2v) is 6.22. The Bertz CT molecular complexity index is 781. The maximum atomic E-state index is 11.9. The molecule has 0 unspecified atom stereocenters. The van der Waals surface area contributed by atoms with Crippen LogP contribution in [0.4, 0.5) is 10.4 Å². The Morgan fingerprint density at radius 1 is 1.16 bits per heavy atom. The topological polar surface area (TPSA) is 54.9 Å². The van der Waals surface area contributed by atoms with E-state index in [1.54, 1.807) is 18.3 Å². The van der Waals surface area contributed by atoms with Gasteiger partial charge in [-0.05, 0) is 0 Å². The molecule has 0 bridgehead atoms. The van der Waals surface area contributed by atoms with E-state index < -0.39 is 0 Å². The number of nitrogens with one attached hydrogen (secondary N) is 1. The Morgan fingerprint density at radius 3 is 2.74 bits per heavy atom. The van der Waals surface area contributed by atoms with Gasteiger partial charge in [0.25, 0.3) is 0 Å². The molecule has 4 nitrogen and oxygen atoms in total. The van der Waals surface area contributed by atoms with Crippen molar-refractivity contribution in [2.24, 2.45) is 0 Å². The molecule has 0 atom stereocenters. The molecule has 0 aliphatic carbocycles. The van der Waals surface area contributed by atoms with Crippen molar-refractivity contribution in [3.63, 3.8) is 0 Å². The normalized spacial score (nSPS) is 10.6. The van der Waals surface area contributed by atoms with Gasteiger partial charge >= 0.3 is 115 Å². The molecule has 19 heavy (non-hydrogen) atoms. The number of hydrogen-bond donors (Lipinski definition) is 1. The Morgan fingerprint density at radius 2 is 1.95 bits per heavy atom. The zero-order valence-corrected chi connectivity index (χ0v) is 12.0. The van der Waals surface area contributed by atoms with Gasteiger partial charge in [0.1, 0.15) is 0 Å². The number of aromatic nitrogens is 2. The van der Waals surface area contributed by atoms with Gasteiger partial charge in [-0.15, -0.1) is 0 Å². The molecule has 3 rings (SSSR count). The molecule has 0 spiro atoms. The summed E-state index contributed by atoms with van der Waals surface area (Å²) in [5.41, 5.74) is 1.92. The van der Waals surface area contributed by atoms with E-state index >= 15 is 0 Å². The van der Waals surface area contributed by atoms with E-state index in [0.717, 1.165) is 10.1 Å². The molecule has 0 amide bonds. The van der Waals surface area contributed by atoms with Gasteiger partial charge in [-0.25, -0.2) is 0 Å². The predicted octanol–water partition coefficient (Wildman–Crippen LogP) is 2.10.